The van der Waals surface area contributed by atoms with Crippen molar-refractivity contribution in [1.29, 1.82) is 0 Å². The van der Waals surface area contributed by atoms with Gasteiger partial charge in [-0.2, -0.15) is 0 Å². The number of allylic oxidation sites excluding steroid dienone is 1. The van der Waals surface area contributed by atoms with Gasteiger partial charge < -0.3 is 4.74 Å². The Balaban J connectivity index is 3.60. The van der Waals surface area contributed by atoms with Crippen LogP contribution in [-0.4, -0.2) is 13.1 Å². The lowest BCUT2D eigenvalue weighted by atomic mass is 10.4. The molecule has 0 rings (SSSR count). The fraction of sp³-hybridized carbons (Fsp3) is 0.500. The van der Waals surface area contributed by atoms with E-state index in [1.807, 2.05) is 0 Å². The van der Waals surface area contributed by atoms with Gasteiger partial charge in [-0.05, 0) is 6.92 Å². The lowest BCUT2D eigenvalue weighted by Gasteiger charge is -1.94. The number of carbonyl (C=O) groups is 1. The molecule has 0 amide bonds. The maximum absolute atomic E-state index is 10.4. The second kappa shape index (κ2) is 4.39. The van der Waals surface area contributed by atoms with E-state index in [-0.39, 0.29) is 12.4 Å². The minimum atomic E-state index is -0.307. The Kier molecular flexibility index (Phi) is 4.14. The van der Waals surface area contributed by atoms with Gasteiger partial charge in [0.1, 0.15) is 0 Å². The molecule has 0 aliphatic rings. The molecule has 52 valence electrons. The van der Waals surface area contributed by atoms with Crippen molar-refractivity contribution in [2.45, 2.75) is 13.3 Å². The normalized spacial score (nSPS) is 11.2. The highest BCUT2D eigenvalue weighted by atomic mass is 35.5. The largest absolute Gasteiger partial charge is 0.469 e. The summed E-state index contributed by atoms with van der Waals surface area (Å²) in [6, 6.07) is 0. The Morgan fingerprint density at radius 1 is 1.78 bits per heavy atom. The van der Waals surface area contributed by atoms with Crippen molar-refractivity contribution in [3.63, 3.8) is 0 Å². The molecule has 3 heteroatoms. The van der Waals surface area contributed by atoms with Gasteiger partial charge in [0.15, 0.2) is 0 Å². The molecule has 0 spiro atoms. The lowest BCUT2D eigenvalue weighted by molar-refractivity contribution is -0.139. The summed E-state index contributed by atoms with van der Waals surface area (Å²) in [5.74, 6) is -0.307. The summed E-state index contributed by atoms with van der Waals surface area (Å²) in [5.41, 5.74) is 0. The summed E-state index contributed by atoms with van der Waals surface area (Å²) in [4.78, 5) is 10.4. The predicted molar refractivity (Wildman–Crippen MR) is 36.2 cm³/mol. The molecule has 0 aliphatic carbocycles. The van der Waals surface area contributed by atoms with Crippen LogP contribution in [-0.2, 0) is 9.53 Å². The van der Waals surface area contributed by atoms with Crippen LogP contribution in [0.2, 0.25) is 0 Å². The monoisotopic (exact) mass is 148 g/mol. The van der Waals surface area contributed by atoms with Crippen LogP contribution in [0.15, 0.2) is 11.1 Å². The van der Waals surface area contributed by atoms with Crippen molar-refractivity contribution < 1.29 is 9.53 Å². The number of rotatable bonds is 2. The van der Waals surface area contributed by atoms with Gasteiger partial charge in [0, 0.05) is 5.03 Å². The molecule has 0 saturated carbocycles. The molecule has 2 nitrogen and oxygen atoms in total. The maximum Gasteiger partial charge on any atom is 0.310 e. The Labute approximate surface area is 59.5 Å². The van der Waals surface area contributed by atoms with E-state index in [4.69, 9.17) is 11.6 Å². The van der Waals surface area contributed by atoms with E-state index < -0.39 is 0 Å². The highest BCUT2D eigenvalue weighted by molar-refractivity contribution is 6.30. The average molecular weight is 149 g/mol. The van der Waals surface area contributed by atoms with Crippen LogP contribution in [0.1, 0.15) is 13.3 Å². The fourth-order valence-electron chi connectivity index (χ4n) is 0.312. The van der Waals surface area contributed by atoms with Gasteiger partial charge >= 0.3 is 5.97 Å². The Morgan fingerprint density at radius 2 is 2.33 bits per heavy atom. The first-order valence-electron chi connectivity index (χ1n) is 2.58. The molecule has 0 unspecified atom stereocenters. The topological polar surface area (TPSA) is 26.3 Å². The Hall–Kier alpha value is -0.500. The summed E-state index contributed by atoms with van der Waals surface area (Å²) >= 11 is 5.50. The third-order valence-electron chi connectivity index (χ3n) is 0.854. The number of hydrogen-bond donors (Lipinski definition) is 0. The van der Waals surface area contributed by atoms with Crippen LogP contribution in [0.3, 0.4) is 0 Å². The second-order valence-electron chi connectivity index (χ2n) is 1.49. The SMILES string of the molecule is C/C=C(/Cl)CC(=O)OC. The van der Waals surface area contributed by atoms with E-state index in [1.165, 1.54) is 7.11 Å². The average Bonchev–Trinajstić information content (AvgIpc) is 1.87. The van der Waals surface area contributed by atoms with E-state index in [2.05, 4.69) is 4.74 Å². The molecular formula is C6H9ClO2. The Bertz CT molecular complexity index is 129. The number of carbonyl (C=O) groups excluding carboxylic acids is 1. The number of esters is 1. The minimum absolute atomic E-state index is 0.175. The van der Waals surface area contributed by atoms with Crippen molar-refractivity contribution in [3.8, 4) is 0 Å². The lowest BCUT2D eigenvalue weighted by Crippen LogP contribution is -1.98. The van der Waals surface area contributed by atoms with Gasteiger partial charge in [-0.1, -0.05) is 17.7 Å². The molecule has 0 bridgehead atoms. The molecule has 0 N–H and O–H groups in total. The summed E-state index contributed by atoms with van der Waals surface area (Å²) in [7, 11) is 1.34. The van der Waals surface area contributed by atoms with E-state index in [0.717, 1.165) is 0 Å². The zero-order valence-corrected chi connectivity index (χ0v) is 6.23. The molecule has 0 heterocycles. The van der Waals surface area contributed by atoms with Crippen molar-refractivity contribution in [3.05, 3.63) is 11.1 Å². The highest BCUT2D eigenvalue weighted by Crippen LogP contribution is 2.06. The smallest absolute Gasteiger partial charge is 0.310 e. The summed E-state index contributed by atoms with van der Waals surface area (Å²) in [5, 5.41) is 0.516. The van der Waals surface area contributed by atoms with Crippen LogP contribution >= 0.6 is 11.6 Å². The third-order valence-corrected chi connectivity index (χ3v) is 1.21. The summed E-state index contributed by atoms with van der Waals surface area (Å²) in [6.45, 7) is 1.77. The molecule has 0 aromatic heterocycles. The first kappa shape index (κ1) is 8.50. The van der Waals surface area contributed by atoms with Gasteiger partial charge in [0.05, 0.1) is 13.5 Å². The van der Waals surface area contributed by atoms with Crippen LogP contribution in [0.5, 0.6) is 0 Å². The molecule has 0 saturated heterocycles. The van der Waals surface area contributed by atoms with Crippen LogP contribution in [0.4, 0.5) is 0 Å². The van der Waals surface area contributed by atoms with Gasteiger partial charge in [-0.3, -0.25) is 4.79 Å². The number of hydrogen-bond acceptors (Lipinski definition) is 2. The third kappa shape index (κ3) is 4.03. The highest BCUT2D eigenvalue weighted by Gasteiger charge is 2.00. The van der Waals surface area contributed by atoms with Crippen molar-refractivity contribution in [2.24, 2.45) is 0 Å². The van der Waals surface area contributed by atoms with Crippen LogP contribution in [0, 0.1) is 0 Å². The van der Waals surface area contributed by atoms with Gasteiger partial charge in [0.2, 0.25) is 0 Å². The maximum atomic E-state index is 10.4. The van der Waals surface area contributed by atoms with Gasteiger partial charge in [0.25, 0.3) is 0 Å². The first-order valence-corrected chi connectivity index (χ1v) is 2.96. The summed E-state index contributed by atoms with van der Waals surface area (Å²) in [6.07, 6.45) is 1.84. The van der Waals surface area contributed by atoms with E-state index in [0.29, 0.717) is 5.03 Å². The summed E-state index contributed by atoms with van der Waals surface area (Å²) < 4.78 is 4.36. The van der Waals surface area contributed by atoms with E-state index in [9.17, 15) is 4.79 Å². The predicted octanol–water partition coefficient (Wildman–Crippen LogP) is 1.69. The molecule has 0 aliphatic heterocycles. The van der Waals surface area contributed by atoms with Crippen molar-refractivity contribution in [2.75, 3.05) is 7.11 Å². The molecule has 0 fully saturated rings. The quantitative estimate of drug-likeness (QED) is 0.557. The first-order chi connectivity index (χ1) is 4.20. The second-order valence-corrected chi connectivity index (χ2v) is 1.97. The van der Waals surface area contributed by atoms with Gasteiger partial charge in [-0.15, -0.1) is 0 Å². The molecule has 0 atom stereocenters. The number of halogens is 1. The number of methoxy groups -OCH3 is 1. The van der Waals surface area contributed by atoms with Gasteiger partial charge in [-0.25, -0.2) is 0 Å². The molecule has 9 heavy (non-hydrogen) atoms. The molecule has 0 radical (unpaired) electrons. The number of ether oxygens (including phenoxy) is 1. The molecular weight excluding hydrogens is 140 g/mol. The fourth-order valence-corrected chi connectivity index (χ4v) is 0.421. The van der Waals surface area contributed by atoms with E-state index in [1.54, 1.807) is 13.0 Å². The zero-order chi connectivity index (χ0) is 7.28. The standard InChI is InChI=1S/C6H9ClO2/c1-3-5(7)4-6(8)9-2/h3H,4H2,1-2H3/b5-3+. The van der Waals surface area contributed by atoms with Crippen LogP contribution < -0.4 is 0 Å². The van der Waals surface area contributed by atoms with Crippen LogP contribution in [0.25, 0.3) is 0 Å². The molecule has 0 aromatic carbocycles. The Morgan fingerprint density at radius 3 is 2.67 bits per heavy atom. The van der Waals surface area contributed by atoms with Crippen molar-refractivity contribution in [1.82, 2.24) is 0 Å². The van der Waals surface area contributed by atoms with Crippen molar-refractivity contribution >= 4 is 17.6 Å². The minimum Gasteiger partial charge on any atom is -0.469 e. The van der Waals surface area contributed by atoms with E-state index >= 15 is 0 Å². The zero-order valence-electron chi connectivity index (χ0n) is 5.48. The molecule has 0 aromatic rings.